The largest absolute Gasteiger partial charge is 0.492 e. The first-order chi connectivity index (χ1) is 12.6. The van der Waals surface area contributed by atoms with Gasteiger partial charge >= 0.3 is 0 Å². The Hall–Kier alpha value is -1.87. The van der Waals surface area contributed by atoms with Crippen molar-refractivity contribution in [1.82, 2.24) is 10.6 Å². The minimum Gasteiger partial charge on any atom is -0.492 e. The van der Waals surface area contributed by atoms with Gasteiger partial charge in [0, 0.05) is 26.3 Å². The van der Waals surface area contributed by atoms with Crippen molar-refractivity contribution in [3.05, 3.63) is 65.0 Å². The molecule has 0 radical (unpaired) electrons. The average molecular weight is 487 g/mol. The minimum absolute atomic E-state index is 0. The molecular weight excluding hydrogens is 460 g/mol. The highest BCUT2D eigenvalue weighted by atomic mass is 127. The highest BCUT2D eigenvalue weighted by molar-refractivity contribution is 14.0. The molecule has 0 aliphatic heterocycles. The molecule has 5 nitrogen and oxygen atoms in total. The summed E-state index contributed by atoms with van der Waals surface area (Å²) in [6.07, 6.45) is 0. The fraction of sp³-hybridized carbons (Fsp3) is 0.350. The van der Waals surface area contributed by atoms with Crippen molar-refractivity contribution in [3.8, 4) is 5.75 Å². The van der Waals surface area contributed by atoms with Gasteiger partial charge in [-0.1, -0.05) is 23.8 Å². The molecule has 0 atom stereocenters. The van der Waals surface area contributed by atoms with E-state index in [-0.39, 0.29) is 36.4 Å². The second-order valence-electron chi connectivity index (χ2n) is 5.87. The third-order valence-electron chi connectivity index (χ3n) is 3.78. The third-order valence-corrected chi connectivity index (χ3v) is 3.78. The number of aliphatic imine (C=N–C) groups is 1. The van der Waals surface area contributed by atoms with E-state index < -0.39 is 0 Å². The van der Waals surface area contributed by atoms with Crippen LogP contribution in [0.3, 0.4) is 0 Å². The van der Waals surface area contributed by atoms with Crippen molar-refractivity contribution in [2.75, 3.05) is 27.3 Å². The number of nitrogens with zero attached hydrogens (tertiary/aromatic N) is 1. The van der Waals surface area contributed by atoms with Crippen LogP contribution in [0.2, 0.25) is 0 Å². The monoisotopic (exact) mass is 487 g/mol. The van der Waals surface area contributed by atoms with Gasteiger partial charge in [0.15, 0.2) is 5.96 Å². The number of rotatable bonds is 8. The lowest BCUT2D eigenvalue weighted by Crippen LogP contribution is -2.38. The Balaban J connectivity index is 0.00000364. The average Bonchev–Trinajstić information content (AvgIpc) is 2.65. The van der Waals surface area contributed by atoms with Crippen LogP contribution in [0.1, 0.15) is 16.7 Å². The van der Waals surface area contributed by atoms with Crippen LogP contribution in [-0.4, -0.2) is 33.3 Å². The highest BCUT2D eigenvalue weighted by Gasteiger charge is 2.04. The van der Waals surface area contributed by atoms with E-state index in [1.165, 1.54) is 11.6 Å². The second-order valence-corrected chi connectivity index (χ2v) is 5.87. The highest BCUT2D eigenvalue weighted by Crippen LogP contribution is 2.12. The van der Waals surface area contributed by atoms with Crippen molar-refractivity contribution < 1.29 is 13.9 Å². The van der Waals surface area contributed by atoms with Gasteiger partial charge in [-0.05, 0) is 36.8 Å². The summed E-state index contributed by atoms with van der Waals surface area (Å²) in [7, 11) is 3.26. The number of aryl methyl sites for hydroxylation is 1. The van der Waals surface area contributed by atoms with E-state index in [0.717, 1.165) is 11.3 Å². The fourth-order valence-corrected chi connectivity index (χ4v) is 2.38. The molecule has 0 bridgehead atoms. The van der Waals surface area contributed by atoms with Crippen molar-refractivity contribution in [1.29, 1.82) is 0 Å². The fourth-order valence-electron chi connectivity index (χ4n) is 2.38. The number of halogens is 2. The zero-order valence-corrected chi connectivity index (χ0v) is 18.3. The first-order valence-electron chi connectivity index (χ1n) is 8.52. The Morgan fingerprint density at radius 2 is 1.85 bits per heavy atom. The van der Waals surface area contributed by atoms with Crippen LogP contribution in [0.25, 0.3) is 0 Å². The predicted octanol–water partition coefficient (Wildman–Crippen LogP) is 3.64. The van der Waals surface area contributed by atoms with Gasteiger partial charge in [0.1, 0.15) is 18.2 Å². The first-order valence-corrected chi connectivity index (χ1v) is 8.52. The molecule has 2 aromatic carbocycles. The molecule has 7 heteroatoms. The Morgan fingerprint density at radius 1 is 1.11 bits per heavy atom. The van der Waals surface area contributed by atoms with Crippen molar-refractivity contribution >= 4 is 29.9 Å². The number of nitrogens with one attached hydrogen (secondary N) is 2. The molecule has 0 aromatic heterocycles. The molecule has 0 amide bonds. The van der Waals surface area contributed by atoms with Gasteiger partial charge in [0.2, 0.25) is 0 Å². The lowest BCUT2D eigenvalue weighted by Gasteiger charge is -2.13. The number of benzene rings is 2. The van der Waals surface area contributed by atoms with Gasteiger partial charge in [-0.25, -0.2) is 4.39 Å². The van der Waals surface area contributed by atoms with Gasteiger partial charge in [-0.2, -0.15) is 0 Å². The number of methoxy groups -OCH3 is 1. The molecule has 0 fully saturated rings. The maximum absolute atomic E-state index is 13.6. The van der Waals surface area contributed by atoms with Crippen LogP contribution >= 0.6 is 24.0 Å². The molecule has 0 aliphatic rings. The Kier molecular flexibility index (Phi) is 10.7. The summed E-state index contributed by atoms with van der Waals surface area (Å²) < 4.78 is 24.3. The van der Waals surface area contributed by atoms with Gasteiger partial charge in [0.25, 0.3) is 0 Å². The summed E-state index contributed by atoms with van der Waals surface area (Å²) in [5.74, 6) is 1.25. The van der Waals surface area contributed by atoms with Crippen molar-refractivity contribution in [3.63, 3.8) is 0 Å². The SMILES string of the molecule is CN=C(NCCOc1ccc(C)cc1)NCc1ccc(F)c(COC)c1.I. The Morgan fingerprint density at radius 3 is 2.52 bits per heavy atom. The molecule has 0 heterocycles. The van der Waals surface area contributed by atoms with E-state index in [4.69, 9.17) is 9.47 Å². The van der Waals surface area contributed by atoms with Crippen molar-refractivity contribution in [2.45, 2.75) is 20.1 Å². The van der Waals surface area contributed by atoms with Crippen LogP contribution in [0.15, 0.2) is 47.5 Å². The second kappa shape index (κ2) is 12.5. The quantitative estimate of drug-likeness (QED) is 0.259. The topological polar surface area (TPSA) is 54.9 Å². The van der Waals surface area contributed by atoms with Crippen LogP contribution < -0.4 is 15.4 Å². The van der Waals surface area contributed by atoms with E-state index in [2.05, 4.69) is 15.6 Å². The zero-order chi connectivity index (χ0) is 18.8. The summed E-state index contributed by atoms with van der Waals surface area (Å²) >= 11 is 0. The molecule has 0 saturated carbocycles. The normalized spacial score (nSPS) is 10.9. The number of ether oxygens (including phenoxy) is 2. The van der Waals surface area contributed by atoms with E-state index in [0.29, 0.717) is 31.2 Å². The van der Waals surface area contributed by atoms with Crippen LogP contribution in [-0.2, 0) is 17.9 Å². The number of hydrogen-bond acceptors (Lipinski definition) is 3. The maximum Gasteiger partial charge on any atom is 0.191 e. The summed E-state index contributed by atoms with van der Waals surface area (Å²) in [6.45, 7) is 3.98. The Labute approximate surface area is 177 Å². The summed E-state index contributed by atoms with van der Waals surface area (Å²) in [5, 5.41) is 6.39. The smallest absolute Gasteiger partial charge is 0.191 e. The number of guanidine groups is 1. The molecule has 2 aromatic rings. The van der Waals surface area contributed by atoms with E-state index in [9.17, 15) is 4.39 Å². The third kappa shape index (κ3) is 8.13. The molecule has 0 spiro atoms. The molecule has 2 rings (SSSR count). The lowest BCUT2D eigenvalue weighted by atomic mass is 10.1. The van der Waals surface area contributed by atoms with E-state index >= 15 is 0 Å². The first kappa shape index (κ1) is 23.2. The van der Waals surface area contributed by atoms with Gasteiger partial charge in [-0.3, -0.25) is 4.99 Å². The maximum atomic E-state index is 13.6. The summed E-state index contributed by atoms with van der Waals surface area (Å²) in [6, 6.07) is 12.9. The number of hydrogen-bond donors (Lipinski definition) is 2. The van der Waals surface area contributed by atoms with Crippen LogP contribution in [0.5, 0.6) is 5.75 Å². The molecule has 2 N–H and O–H groups in total. The molecule has 0 saturated heterocycles. The van der Waals surface area contributed by atoms with Gasteiger partial charge in [-0.15, -0.1) is 24.0 Å². The Bertz CT molecular complexity index is 724. The van der Waals surface area contributed by atoms with E-state index in [1.807, 2.05) is 31.2 Å². The lowest BCUT2D eigenvalue weighted by molar-refractivity contribution is 0.181. The molecular formula is C20H27FIN3O2. The minimum atomic E-state index is -0.258. The molecule has 0 aliphatic carbocycles. The van der Waals surface area contributed by atoms with Gasteiger partial charge < -0.3 is 20.1 Å². The van der Waals surface area contributed by atoms with Crippen LogP contribution in [0, 0.1) is 12.7 Å². The standard InChI is InChI=1S/C20H26FN3O2.HI/c1-15-4-7-18(8-5-15)26-11-10-23-20(22-2)24-13-16-6-9-19(21)17(12-16)14-25-3;/h4-9,12H,10-11,13-14H2,1-3H3,(H2,22,23,24);1H. The van der Waals surface area contributed by atoms with Crippen LogP contribution in [0.4, 0.5) is 4.39 Å². The zero-order valence-electron chi connectivity index (χ0n) is 15.9. The van der Waals surface area contributed by atoms with Crippen molar-refractivity contribution in [2.24, 2.45) is 4.99 Å². The molecule has 27 heavy (non-hydrogen) atoms. The van der Waals surface area contributed by atoms with E-state index in [1.54, 1.807) is 26.3 Å². The summed E-state index contributed by atoms with van der Waals surface area (Å²) in [4.78, 5) is 4.18. The van der Waals surface area contributed by atoms with Gasteiger partial charge in [0.05, 0.1) is 13.2 Å². The predicted molar refractivity (Wildman–Crippen MR) is 117 cm³/mol. The summed E-state index contributed by atoms with van der Waals surface area (Å²) in [5.41, 5.74) is 2.70. The molecule has 0 unspecified atom stereocenters. The molecule has 148 valence electrons.